The van der Waals surface area contributed by atoms with E-state index in [-0.39, 0.29) is 5.91 Å². The number of carbonyl (C=O) groups is 2. The van der Waals surface area contributed by atoms with E-state index in [1.54, 1.807) is 31.2 Å². The number of benzene rings is 2. The van der Waals surface area contributed by atoms with Crippen molar-refractivity contribution in [3.05, 3.63) is 53.1 Å². The zero-order chi connectivity index (χ0) is 20.1. The van der Waals surface area contributed by atoms with Gasteiger partial charge in [-0.2, -0.15) is 0 Å². The van der Waals surface area contributed by atoms with E-state index < -0.39 is 11.9 Å². The number of nitrogens with one attached hydrogen (secondary N) is 2. The second-order valence-corrected chi connectivity index (χ2v) is 7.44. The van der Waals surface area contributed by atoms with Crippen LogP contribution in [0.15, 0.2) is 42.5 Å². The average molecular weight is 401 g/mol. The number of primary amides is 1. The fourth-order valence-corrected chi connectivity index (χ4v) is 3.47. The van der Waals surface area contributed by atoms with E-state index in [4.69, 9.17) is 17.3 Å². The first-order valence-corrected chi connectivity index (χ1v) is 9.83. The number of carbonyl (C=O) groups excluding carboxylic acids is 2. The summed E-state index contributed by atoms with van der Waals surface area (Å²) < 4.78 is 0. The summed E-state index contributed by atoms with van der Waals surface area (Å²) in [5.41, 5.74) is 8.15. The molecule has 1 aliphatic rings. The van der Waals surface area contributed by atoms with Crippen LogP contribution in [0.2, 0.25) is 5.02 Å². The van der Waals surface area contributed by atoms with E-state index in [1.165, 1.54) is 19.3 Å². The van der Waals surface area contributed by atoms with Crippen LogP contribution in [0.5, 0.6) is 0 Å². The Hall–Kier alpha value is -2.73. The largest absolute Gasteiger partial charge is 0.372 e. The highest BCUT2D eigenvalue weighted by molar-refractivity contribution is 6.31. The second kappa shape index (κ2) is 8.97. The predicted molar refractivity (Wildman–Crippen MR) is 114 cm³/mol. The van der Waals surface area contributed by atoms with E-state index >= 15 is 0 Å². The van der Waals surface area contributed by atoms with Gasteiger partial charge in [0.2, 0.25) is 11.8 Å². The summed E-state index contributed by atoms with van der Waals surface area (Å²) in [5, 5.41) is 6.75. The van der Waals surface area contributed by atoms with E-state index in [0.717, 1.165) is 24.5 Å². The van der Waals surface area contributed by atoms with Gasteiger partial charge in [0, 0.05) is 29.4 Å². The first kappa shape index (κ1) is 20.0. The van der Waals surface area contributed by atoms with Crippen molar-refractivity contribution in [1.29, 1.82) is 0 Å². The number of rotatable bonds is 6. The highest BCUT2D eigenvalue weighted by Crippen LogP contribution is 2.31. The Kier molecular flexibility index (Phi) is 6.41. The lowest BCUT2D eigenvalue weighted by molar-refractivity contribution is -0.116. The molecule has 0 aromatic heterocycles. The maximum Gasteiger partial charge on any atom is 0.248 e. The molecule has 4 N–H and O–H groups in total. The molecule has 1 saturated heterocycles. The van der Waals surface area contributed by atoms with Gasteiger partial charge in [-0.15, -0.1) is 0 Å². The molecule has 2 aromatic carbocycles. The van der Waals surface area contributed by atoms with Gasteiger partial charge in [-0.1, -0.05) is 11.6 Å². The lowest BCUT2D eigenvalue weighted by atomic mass is 10.1. The summed E-state index contributed by atoms with van der Waals surface area (Å²) in [7, 11) is 0. The van der Waals surface area contributed by atoms with Crippen molar-refractivity contribution in [2.45, 2.75) is 32.2 Å². The number of amides is 2. The highest BCUT2D eigenvalue weighted by atomic mass is 35.5. The van der Waals surface area contributed by atoms with Crippen LogP contribution < -0.4 is 21.3 Å². The van der Waals surface area contributed by atoms with Crippen molar-refractivity contribution in [1.82, 2.24) is 0 Å². The van der Waals surface area contributed by atoms with Crippen LogP contribution in [0.25, 0.3) is 0 Å². The SMILES string of the molecule is C[C@H](Nc1cc(Cl)ccc1N1CCCCC1)C(=O)Nc1ccc(C(N)=O)cc1. The van der Waals surface area contributed by atoms with Crippen LogP contribution in [0, 0.1) is 0 Å². The normalized spacial score (nSPS) is 15.0. The third-order valence-corrected chi connectivity index (χ3v) is 5.09. The van der Waals surface area contributed by atoms with Crippen molar-refractivity contribution in [2.24, 2.45) is 5.73 Å². The molecule has 7 heteroatoms. The quantitative estimate of drug-likeness (QED) is 0.686. The van der Waals surface area contributed by atoms with Gasteiger partial charge in [-0.3, -0.25) is 9.59 Å². The van der Waals surface area contributed by atoms with Gasteiger partial charge in [0.25, 0.3) is 0 Å². The Bertz CT molecular complexity index is 848. The first-order chi connectivity index (χ1) is 13.4. The van der Waals surface area contributed by atoms with Crippen LogP contribution in [0.4, 0.5) is 17.1 Å². The number of nitrogens with zero attached hydrogens (tertiary/aromatic N) is 1. The molecule has 1 aliphatic heterocycles. The van der Waals surface area contributed by atoms with Crippen LogP contribution in [0.1, 0.15) is 36.5 Å². The molecule has 1 atom stereocenters. The Balaban J connectivity index is 1.69. The summed E-state index contributed by atoms with van der Waals surface area (Å²) in [4.78, 5) is 26.1. The van der Waals surface area contributed by atoms with Crippen LogP contribution in [-0.2, 0) is 4.79 Å². The lowest BCUT2D eigenvalue weighted by Crippen LogP contribution is -2.34. The maximum atomic E-state index is 12.6. The summed E-state index contributed by atoms with van der Waals surface area (Å²) in [5.74, 6) is -0.685. The van der Waals surface area contributed by atoms with E-state index in [2.05, 4.69) is 15.5 Å². The molecular formula is C21H25ClN4O2. The van der Waals surface area contributed by atoms with Crippen molar-refractivity contribution >= 4 is 40.5 Å². The summed E-state index contributed by atoms with van der Waals surface area (Å²) in [6, 6.07) is 11.7. The van der Waals surface area contributed by atoms with Gasteiger partial charge in [-0.05, 0) is 68.7 Å². The fraction of sp³-hybridized carbons (Fsp3) is 0.333. The number of anilines is 3. The molecule has 2 amide bonds. The van der Waals surface area contributed by atoms with Gasteiger partial charge in [0.05, 0.1) is 11.4 Å². The fourth-order valence-electron chi connectivity index (χ4n) is 3.30. The molecule has 0 unspecified atom stereocenters. The van der Waals surface area contributed by atoms with Gasteiger partial charge in [0.15, 0.2) is 0 Å². The predicted octanol–water partition coefficient (Wildman–Crippen LogP) is 3.87. The highest BCUT2D eigenvalue weighted by Gasteiger charge is 2.19. The Morgan fingerprint density at radius 2 is 1.75 bits per heavy atom. The minimum Gasteiger partial charge on any atom is -0.372 e. The molecule has 0 spiro atoms. The first-order valence-electron chi connectivity index (χ1n) is 9.46. The number of piperidine rings is 1. The molecule has 2 aromatic rings. The van der Waals surface area contributed by atoms with Crippen LogP contribution >= 0.6 is 11.6 Å². The van der Waals surface area contributed by atoms with Crippen molar-refractivity contribution < 1.29 is 9.59 Å². The monoisotopic (exact) mass is 400 g/mol. The number of hydrogen-bond donors (Lipinski definition) is 3. The van der Waals surface area contributed by atoms with Gasteiger partial charge in [-0.25, -0.2) is 0 Å². The zero-order valence-electron chi connectivity index (χ0n) is 15.9. The summed E-state index contributed by atoms with van der Waals surface area (Å²) in [6.07, 6.45) is 3.58. The van der Waals surface area contributed by atoms with Gasteiger partial charge in [0.1, 0.15) is 6.04 Å². The van der Waals surface area contributed by atoms with E-state index in [1.807, 2.05) is 18.2 Å². The molecule has 148 valence electrons. The Morgan fingerprint density at radius 1 is 1.07 bits per heavy atom. The van der Waals surface area contributed by atoms with Gasteiger partial charge < -0.3 is 21.3 Å². The van der Waals surface area contributed by atoms with Crippen molar-refractivity contribution in [2.75, 3.05) is 28.6 Å². The van der Waals surface area contributed by atoms with E-state index in [0.29, 0.717) is 16.3 Å². The topological polar surface area (TPSA) is 87.5 Å². The zero-order valence-corrected chi connectivity index (χ0v) is 16.6. The molecule has 3 rings (SSSR count). The minimum atomic E-state index is -0.501. The van der Waals surface area contributed by atoms with E-state index in [9.17, 15) is 9.59 Å². The third kappa shape index (κ3) is 4.95. The number of nitrogens with two attached hydrogens (primary N) is 1. The molecule has 6 nitrogen and oxygen atoms in total. The maximum absolute atomic E-state index is 12.6. The number of hydrogen-bond acceptors (Lipinski definition) is 4. The Morgan fingerprint density at radius 3 is 2.39 bits per heavy atom. The third-order valence-electron chi connectivity index (χ3n) is 4.86. The molecule has 0 radical (unpaired) electrons. The van der Waals surface area contributed by atoms with Gasteiger partial charge >= 0.3 is 0 Å². The number of halogens is 1. The molecule has 1 heterocycles. The molecular weight excluding hydrogens is 376 g/mol. The molecule has 1 fully saturated rings. The average Bonchev–Trinajstić information content (AvgIpc) is 2.69. The summed E-state index contributed by atoms with van der Waals surface area (Å²) >= 11 is 6.19. The minimum absolute atomic E-state index is 0.184. The molecule has 28 heavy (non-hydrogen) atoms. The second-order valence-electron chi connectivity index (χ2n) is 7.01. The molecule has 0 saturated carbocycles. The summed E-state index contributed by atoms with van der Waals surface area (Å²) in [6.45, 7) is 3.81. The molecule has 0 aliphatic carbocycles. The molecule has 0 bridgehead atoms. The standard InChI is InChI=1S/C21H25ClN4O2/c1-14(21(28)25-17-8-5-15(6-9-17)20(23)27)24-18-13-16(22)7-10-19(18)26-11-3-2-4-12-26/h5-10,13-14,24H,2-4,11-12H2,1H3,(H2,23,27)(H,25,28)/t14-/m0/s1. The Labute approximate surface area is 170 Å². The van der Waals surface area contributed by atoms with Crippen molar-refractivity contribution in [3.63, 3.8) is 0 Å². The lowest BCUT2D eigenvalue weighted by Gasteiger charge is -2.31. The smallest absolute Gasteiger partial charge is 0.248 e. The van der Waals surface area contributed by atoms with Crippen LogP contribution in [0.3, 0.4) is 0 Å². The van der Waals surface area contributed by atoms with Crippen molar-refractivity contribution in [3.8, 4) is 0 Å². The van der Waals surface area contributed by atoms with Crippen LogP contribution in [-0.4, -0.2) is 30.9 Å².